The highest BCUT2D eigenvalue weighted by Gasteiger charge is 2.10. The minimum Gasteiger partial charge on any atom is -0.324 e. The molecule has 0 amide bonds. The average Bonchev–Trinajstić information content (AvgIpc) is 3.14. The van der Waals surface area contributed by atoms with Gasteiger partial charge in [-0.05, 0) is 42.0 Å². The molecule has 0 spiro atoms. The smallest absolute Gasteiger partial charge is 0.227 e. The molecule has 0 radical (unpaired) electrons. The third-order valence-electron chi connectivity index (χ3n) is 4.41. The second-order valence-corrected chi connectivity index (χ2v) is 7.86. The molecule has 0 unspecified atom stereocenters. The fourth-order valence-corrected chi connectivity index (χ4v) is 4.42. The zero-order chi connectivity index (χ0) is 18.2. The van der Waals surface area contributed by atoms with Crippen LogP contribution in [0.2, 0.25) is 0 Å². The molecule has 0 atom stereocenters. The first-order chi connectivity index (χ1) is 13.3. The molecular weight excluding hydrogens is 370 g/mol. The highest BCUT2D eigenvalue weighted by Crippen LogP contribution is 2.36. The van der Waals surface area contributed by atoms with Crippen LogP contribution < -0.4 is 5.32 Å². The monoisotopic (exact) mass is 385 g/mol. The first kappa shape index (κ1) is 16.3. The zero-order valence-corrected chi connectivity index (χ0v) is 16.0. The molecule has 2 heterocycles. The molecule has 3 aromatic carbocycles. The Hall–Kier alpha value is -2.89. The number of nitrogens with zero attached hydrogens (tertiary/aromatic N) is 2. The van der Waals surface area contributed by atoms with E-state index in [9.17, 15) is 0 Å². The Kier molecular flexibility index (Phi) is 4.03. The molecule has 0 aliphatic heterocycles. The topological polar surface area (TPSA) is 37.8 Å². The average molecular weight is 386 g/mol. The quantitative estimate of drug-likeness (QED) is 0.346. The molecule has 0 aliphatic carbocycles. The molecule has 0 saturated heterocycles. The standard InChI is InChI=1S/C22H15N3S2/c26-17-8-4-7-16(11-17)24-22-23-13-15-9-10-19-18(21(15)25-22)12-20(27-19)14-5-2-1-3-6-14/h1-13,26H,(H,23,24,25). The number of anilines is 2. The second-order valence-electron chi connectivity index (χ2n) is 6.26. The van der Waals surface area contributed by atoms with Gasteiger partial charge in [-0.25, -0.2) is 9.97 Å². The van der Waals surface area contributed by atoms with Gasteiger partial charge in [0.1, 0.15) is 0 Å². The number of thiol groups is 1. The summed E-state index contributed by atoms with van der Waals surface area (Å²) >= 11 is 6.17. The molecule has 0 saturated carbocycles. The van der Waals surface area contributed by atoms with E-state index in [0.717, 1.165) is 26.9 Å². The molecule has 0 bridgehead atoms. The Bertz CT molecular complexity index is 1260. The lowest BCUT2D eigenvalue weighted by molar-refractivity contribution is 1.21. The summed E-state index contributed by atoms with van der Waals surface area (Å²) < 4.78 is 1.23. The number of hydrogen-bond acceptors (Lipinski definition) is 5. The van der Waals surface area contributed by atoms with Crippen molar-refractivity contribution in [2.24, 2.45) is 0 Å². The third kappa shape index (κ3) is 3.16. The first-order valence-electron chi connectivity index (χ1n) is 8.57. The minimum atomic E-state index is 0.585. The van der Waals surface area contributed by atoms with Gasteiger partial charge in [0, 0.05) is 37.1 Å². The van der Waals surface area contributed by atoms with Crippen LogP contribution in [0.3, 0.4) is 0 Å². The molecule has 5 heteroatoms. The van der Waals surface area contributed by atoms with Gasteiger partial charge in [0.15, 0.2) is 0 Å². The molecule has 0 aliphatic rings. The highest BCUT2D eigenvalue weighted by molar-refractivity contribution is 7.80. The van der Waals surface area contributed by atoms with Gasteiger partial charge in [-0.1, -0.05) is 36.4 Å². The van der Waals surface area contributed by atoms with Gasteiger partial charge in [-0.3, -0.25) is 0 Å². The Labute approximate surface area is 166 Å². The lowest BCUT2D eigenvalue weighted by Gasteiger charge is -2.06. The van der Waals surface area contributed by atoms with E-state index < -0.39 is 0 Å². The number of aromatic nitrogens is 2. The number of fused-ring (bicyclic) bond motifs is 3. The summed E-state index contributed by atoms with van der Waals surface area (Å²) in [5.41, 5.74) is 3.11. The van der Waals surface area contributed by atoms with Crippen LogP contribution in [-0.2, 0) is 0 Å². The molecule has 130 valence electrons. The van der Waals surface area contributed by atoms with Crippen molar-refractivity contribution in [3.8, 4) is 10.4 Å². The largest absolute Gasteiger partial charge is 0.324 e. The number of thiophene rings is 1. The summed E-state index contributed by atoms with van der Waals surface area (Å²) in [6.07, 6.45) is 1.87. The van der Waals surface area contributed by atoms with E-state index in [1.807, 2.05) is 36.5 Å². The fraction of sp³-hybridized carbons (Fsp3) is 0. The predicted octanol–water partition coefficient (Wildman–Crippen LogP) is 6.54. The molecule has 5 rings (SSSR count). The summed E-state index contributed by atoms with van der Waals surface area (Å²) in [6.45, 7) is 0. The zero-order valence-electron chi connectivity index (χ0n) is 14.3. The number of nitrogens with one attached hydrogen (secondary N) is 1. The van der Waals surface area contributed by atoms with Gasteiger partial charge in [-0.2, -0.15) is 0 Å². The van der Waals surface area contributed by atoms with E-state index in [1.54, 1.807) is 11.3 Å². The molecule has 2 aromatic heterocycles. The fourth-order valence-electron chi connectivity index (χ4n) is 3.13. The Morgan fingerprint density at radius 1 is 0.889 bits per heavy atom. The van der Waals surface area contributed by atoms with Gasteiger partial charge in [0.05, 0.1) is 5.52 Å². The van der Waals surface area contributed by atoms with Crippen molar-refractivity contribution in [3.05, 3.63) is 79.0 Å². The molecular formula is C22H15N3S2. The maximum atomic E-state index is 4.79. The lowest BCUT2D eigenvalue weighted by atomic mass is 10.1. The normalized spacial score (nSPS) is 11.1. The van der Waals surface area contributed by atoms with E-state index in [-0.39, 0.29) is 0 Å². The van der Waals surface area contributed by atoms with Crippen LogP contribution in [-0.4, -0.2) is 9.97 Å². The van der Waals surface area contributed by atoms with E-state index in [4.69, 9.17) is 4.98 Å². The maximum absolute atomic E-state index is 4.79. The van der Waals surface area contributed by atoms with E-state index in [2.05, 4.69) is 65.4 Å². The SMILES string of the molecule is Sc1cccc(Nc2ncc3ccc4sc(-c5ccccc5)cc4c3n2)c1. The lowest BCUT2D eigenvalue weighted by Crippen LogP contribution is -1.97. The van der Waals surface area contributed by atoms with E-state index in [0.29, 0.717) is 5.95 Å². The van der Waals surface area contributed by atoms with Gasteiger partial charge < -0.3 is 5.32 Å². The molecule has 5 aromatic rings. The number of benzene rings is 3. The Morgan fingerprint density at radius 3 is 2.63 bits per heavy atom. The van der Waals surface area contributed by atoms with Gasteiger partial charge >= 0.3 is 0 Å². The molecule has 1 N–H and O–H groups in total. The van der Waals surface area contributed by atoms with Gasteiger partial charge in [-0.15, -0.1) is 24.0 Å². The van der Waals surface area contributed by atoms with E-state index >= 15 is 0 Å². The molecule has 0 fully saturated rings. The van der Waals surface area contributed by atoms with Gasteiger partial charge in [0.2, 0.25) is 5.95 Å². The second kappa shape index (κ2) is 6.68. The summed E-state index contributed by atoms with van der Waals surface area (Å²) in [4.78, 5) is 11.4. The maximum Gasteiger partial charge on any atom is 0.227 e. The number of rotatable bonds is 3. The van der Waals surface area contributed by atoms with Crippen LogP contribution in [0.5, 0.6) is 0 Å². The molecule has 3 nitrogen and oxygen atoms in total. The Morgan fingerprint density at radius 2 is 1.78 bits per heavy atom. The molecule has 27 heavy (non-hydrogen) atoms. The summed E-state index contributed by atoms with van der Waals surface area (Å²) in [7, 11) is 0. The van der Waals surface area contributed by atoms with Crippen molar-refractivity contribution in [3.63, 3.8) is 0 Å². The van der Waals surface area contributed by atoms with E-state index in [1.165, 1.54) is 15.1 Å². The Balaban J connectivity index is 1.62. The van der Waals surface area contributed by atoms with Crippen LogP contribution in [0.1, 0.15) is 0 Å². The number of hydrogen-bond donors (Lipinski definition) is 2. The van der Waals surface area contributed by atoms with Crippen LogP contribution in [0, 0.1) is 0 Å². The predicted molar refractivity (Wildman–Crippen MR) is 117 cm³/mol. The summed E-state index contributed by atoms with van der Waals surface area (Å²) in [5.74, 6) is 0.585. The van der Waals surface area contributed by atoms with Crippen LogP contribution in [0.25, 0.3) is 31.4 Å². The van der Waals surface area contributed by atoms with Crippen molar-refractivity contribution < 1.29 is 0 Å². The van der Waals surface area contributed by atoms with Crippen molar-refractivity contribution in [2.45, 2.75) is 4.90 Å². The van der Waals surface area contributed by atoms with Crippen LogP contribution in [0.15, 0.2) is 83.9 Å². The third-order valence-corrected chi connectivity index (χ3v) is 5.84. The van der Waals surface area contributed by atoms with Crippen molar-refractivity contribution >= 4 is 56.6 Å². The van der Waals surface area contributed by atoms with Gasteiger partial charge in [0.25, 0.3) is 0 Å². The van der Waals surface area contributed by atoms with Crippen molar-refractivity contribution in [1.29, 1.82) is 0 Å². The first-order valence-corrected chi connectivity index (χ1v) is 9.83. The van der Waals surface area contributed by atoms with Crippen molar-refractivity contribution in [2.75, 3.05) is 5.32 Å². The van der Waals surface area contributed by atoms with Crippen LogP contribution in [0.4, 0.5) is 11.6 Å². The summed E-state index contributed by atoms with van der Waals surface area (Å²) in [5, 5.41) is 5.47. The minimum absolute atomic E-state index is 0.585. The highest BCUT2D eigenvalue weighted by atomic mass is 32.1. The van der Waals surface area contributed by atoms with Crippen LogP contribution >= 0.6 is 24.0 Å². The van der Waals surface area contributed by atoms with Crippen molar-refractivity contribution in [1.82, 2.24) is 9.97 Å². The summed E-state index contributed by atoms with van der Waals surface area (Å²) in [6, 6.07) is 24.7.